The summed E-state index contributed by atoms with van der Waals surface area (Å²) in [6.45, 7) is 4.02. The van der Waals surface area contributed by atoms with E-state index in [2.05, 4.69) is 34.2 Å². The predicted octanol–water partition coefficient (Wildman–Crippen LogP) is 3.71. The Kier molecular flexibility index (Phi) is 3.11. The standard InChI is InChI=1S/C17H16N2O/c1-11(2)15-16(18-10-19-17(15)20)14-8-7-12-5-3-4-6-13(12)9-14/h3-11H,1-2H3,(H,18,19,20). The van der Waals surface area contributed by atoms with Crippen LogP contribution in [0, 0.1) is 0 Å². The molecule has 0 radical (unpaired) electrons. The summed E-state index contributed by atoms with van der Waals surface area (Å²) in [5.74, 6) is 0.133. The first-order valence-electron chi connectivity index (χ1n) is 6.73. The van der Waals surface area contributed by atoms with E-state index in [9.17, 15) is 4.79 Å². The molecule has 20 heavy (non-hydrogen) atoms. The van der Waals surface area contributed by atoms with Crippen LogP contribution in [0.3, 0.4) is 0 Å². The van der Waals surface area contributed by atoms with Gasteiger partial charge in [-0.1, -0.05) is 50.2 Å². The normalized spacial score (nSPS) is 11.2. The molecule has 0 aliphatic rings. The third-order valence-electron chi connectivity index (χ3n) is 3.49. The van der Waals surface area contributed by atoms with Gasteiger partial charge in [0.25, 0.3) is 5.56 Å². The molecular weight excluding hydrogens is 248 g/mol. The molecule has 3 nitrogen and oxygen atoms in total. The van der Waals surface area contributed by atoms with E-state index >= 15 is 0 Å². The van der Waals surface area contributed by atoms with E-state index in [1.807, 2.05) is 32.0 Å². The van der Waals surface area contributed by atoms with E-state index in [-0.39, 0.29) is 11.5 Å². The van der Waals surface area contributed by atoms with E-state index in [1.165, 1.54) is 11.7 Å². The van der Waals surface area contributed by atoms with Gasteiger partial charge in [0.2, 0.25) is 0 Å². The Morgan fingerprint density at radius 1 is 1.05 bits per heavy atom. The number of nitrogens with one attached hydrogen (secondary N) is 1. The lowest BCUT2D eigenvalue weighted by atomic mass is 9.97. The van der Waals surface area contributed by atoms with Crippen molar-refractivity contribution in [3.63, 3.8) is 0 Å². The van der Waals surface area contributed by atoms with E-state index in [0.29, 0.717) is 0 Å². The number of nitrogens with zero attached hydrogens (tertiary/aromatic N) is 1. The van der Waals surface area contributed by atoms with Crippen molar-refractivity contribution in [3.8, 4) is 11.3 Å². The molecule has 1 N–H and O–H groups in total. The third-order valence-corrected chi connectivity index (χ3v) is 3.49. The summed E-state index contributed by atoms with van der Waals surface area (Å²) < 4.78 is 0. The molecule has 0 aliphatic heterocycles. The van der Waals surface area contributed by atoms with Crippen LogP contribution in [-0.4, -0.2) is 9.97 Å². The maximum absolute atomic E-state index is 12.0. The average Bonchev–Trinajstić information content (AvgIpc) is 2.46. The Hall–Kier alpha value is -2.42. The number of aromatic amines is 1. The largest absolute Gasteiger partial charge is 0.313 e. The van der Waals surface area contributed by atoms with E-state index < -0.39 is 0 Å². The molecule has 0 atom stereocenters. The molecule has 3 heteroatoms. The lowest BCUT2D eigenvalue weighted by Crippen LogP contribution is -2.16. The fourth-order valence-electron chi connectivity index (χ4n) is 2.51. The van der Waals surface area contributed by atoms with Crippen molar-refractivity contribution in [1.29, 1.82) is 0 Å². The summed E-state index contributed by atoms with van der Waals surface area (Å²) in [7, 11) is 0. The highest BCUT2D eigenvalue weighted by Crippen LogP contribution is 2.27. The zero-order valence-corrected chi connectivity index (χ0v) is 11.6. The smallest absolute Gasteiger partial charge is 0.254 e. The van der Waals surface area contributed by atoms with Gasteiger partial charge < -0.3 is 4.98 Å². The van der Waals surface area contributed by atoms with Crippen LogP contribution < -0.4 is 5.56 Å². The summed E-state index contributed by atoms with van der Waals surface area (Å²) in [5.41, 5.74) is 2.44. The summed E-state index contributed by atoms with van der Waals surface area (Å²) in [6, 6.07) is 14.4. The fraction of sp³-hybridized carbons (Fsp3) is 0.176. The van der Waals surface area contributed by atoms with Crippen LogP contribution in [-0.2, 0) is 0 Å². The zero-order chi connectivity index (χ0) is 14.1. The molecule has 0 bridgehead atoms. The highest BCUT2D eigenvalue weighted by atomic mass is 16.1. The number of fused-ring (bicyclic) bond motifs is 1. The lowest BCUT2D eigenvalue weighted by molar-refractivity contribution is 0.834. The van der Waals surface area contributed by atoms with Crippen LogP contribution in [0.15, 0.2) is 53.6 Å². The van der Waals surface area contributed by atoms with Crippen molar-refractivity contribution in [2.75, 3.05) is 0 Å². The molecule has 1 heterocycles. The van der Waals surface area contributed by atoms with Gasteiger partial charge in [0, 0.05) is 11.1 Å². The molecule has 100 valence electrons. The maximum atomic E-state index is 12.0. The fourth-order valence-corrected chi connectivity index (χ4v) is 2.51. The van der Waals surface area contributed by atoms with E-state index in [0.717, 1.165) is 22.2 Å². The van der Waals surface area contributed by atoms with E-state index in [1.54, 1.807) is 0 Å². The molecular formula is C17H16N2O. The minimum atomic E-state index is -0.0573. The van der Waals surface area contributed by atoms with Gasteiger partial charge in [-0.25, -0.2) is 4.98 Å². The number of rotatable bonds is 2. The van der Waals surface area contributed by atoms with Crippen LogP contribution in [0.1, 0.15) is 25.3 Å². The van der Waals surface area contributed by atoms with Crippen LogP contribution in [0.2, 0.25) is 0 Å². The van der Waals surface area contributed by atoms with Gasteiger partial charge in [-0.2, -0.15) is 0 Å². The van der Waals surface area contributed by atoms with Gasteiger partial charge in [0.05, 0.1) is 12.0 Å². The second-order valence-corrected chi connectivity index (χ2v) is 5.21. The number of aromatic nitrogens is 2. The molecule has 2 aromatic carbocycles. The highest BCUT2D eigenvalue weighted by Gasteiger charge is 2.14. The number of benzene rings is 2. The van der Waals surface area contributed by atoms with Crippen LogP contribution in [0.25, 0.3) is 22.0 Å². The van der Waals surface area contributed by atoms with Crippen molar-refractivity contribution in [3.05, 3.63) is 64.7 Å². The molecule has 0 saturated carbocycles. The zero-order valence-electron chi connectivity index (χ0n) is 11.6. The van der Waals surface area contributed by atoms with Crippen molar-refractivity contribution in [1.82, 2.24) is 9.97 Å². The Morgan fingerprint density at radius 3 is 2.55 bits per heavy atom. The summed E-state index contributed by atoms with van der Waals surface area (Å²) >= 11 is 0. The van der Waals surface area contributed by atoms with Crippen molar-refractivity contribution >= 4 is 10.8 Å². The first-order valence-corrected chi connectivity index (χ1v) is 6.73. The van der Waals surface area contributed by atoms with E-state index in [4.69, 9.17) is 0 Å². The first-order chi connectivity index (χ1) is 9.66. The molecule has 1 aromatic heterocycles. The third kappa shape index (κ3) is 2.11. The summed E-state index contributed by atoms with van der Waals surface area (Å²) in [4.78, 5) is 19.1. The second kappa shape index (κ2) is 4.93. The minimum Gasteiger partial charge on any atom is -0.313 e. The van der Waals surface area contributed by atoms with Crippen LogP contribution >= 0.6 is 0 Å². The van der Waals surface area contributed by atoms with Gasteiger partial charge >= 0.3 is 0 Å². The maximum Gasteiger partial charge on any atom is 0.254 e. The van der Waals surface area contributed by atoms with Crippen molar-refractivity contribution in [2.24, 2.45) is 0 Å². The summed E-state index contributed by atoms with van der Waals surface area (Å²) in [5, 5.41) is 2.34. The molecule has 0 saturated heterocycles. The Labute approximate surface area is 117 Å². The Bertz CT molecular complexity index is 818. The number of hydrogen-bond acceptors (Lipinski definition) is 2. The van der Waals surface area contributed by atoms with Gasteiger partial charge in [0.15, 0.2) is 0 Å². The average molecular weight is 264 g/mol. The quantitative estimate of drug-likeness (QED) is 0.766. The first kappa shape index (κ1) is 12.6. The molecule has 0 amide bonds. The van der Waals surface area contributed by atoms with Gasteiger partial charge in [-0.3, -0.25) is 4.79 Å². The van der Waals surface area contributed by atoms with Crippen LogP contribution in [0.5, 0.6) is 0 Å². The SMILES string of the molecule is CC(C)c1c(-c2ccc3ccccc3c2)nc[nH]c1=O. The monoisotopic (exact) mass is 264 g/mol. The van der Waals surface area contributed by atoms with Crippen LogP contribution in [0.4, 0.5) is 0 Å². The Balaban J connectivity index is 2.26. The molecule has 0 fully saturated rings. The lowest BCUT2D eigenvalue weighted by Gasteiger charge is -2.11. The van der Waals surface area contributed by atoms with Gasteiger partial charge in [0.1, 0.15) is 0 Å². The molecule has 0 aliphatic carbocycles. The van der Waals surface area contributed by atoms with Crippen molar-refractivity contribution < 1.29 is 0 Å². The summed E-state index contributed by atoms with van der Waals surface area (Å²) in [6.07, 6.45) is 1.47. The van der Waals surface area contributed by atoms with Gasteiger partial charge in [-0.15, -0.1) is 0 Å². The van der Waals surface area contributed by atoms with Crippen molar-refractivity contribution in [2.45, 2.75) is 19.8 Å². The molecule has 3 aromatic rings. The Morgan fingerprint density at radius 2 is 1.80 bits per heavy atom. The number of H-pyrrole nitrogens is 1. The molecule has 0 unspecified atom stereocenters. The second-order valence-electron chi connectivity index (χ2n) is 5.21. The number of hydrogen-bond donors (Lipinski definition) is 1. The molecule has 3 rings (SSSR count). The van der Waals surface area contributed by atoms with Gasteiger partial charge in [-0.05, 0) is 22.8 Å². The topological polar surface area (TPSA) is 45.8 Å². The highest BCUT2D eigenvalue weighted by molar-refractivity contribution is 5.87. The predicted molar refractivity (Wildman–Crippen MR) is 81.9 cm³/mol. The minimum absolute atomic E-state index is 0.0573. The molecule has 0 spiro atoms.